The number of nitrogens with two attached hydrogens (primary N) is 2. The van der Waals surface area contributed by atoms with E-state index < -0.39 is 10.7 Å². The number of hydroxylamine groups is 2. The average Bonchev–Trinajstić information content (AvgIpc) is 3.20. The van der Waals surface area contributed by atoms with Crippen LogP contribution in [0.1, 0.15) is 42.4 Å². The van der Waals surface area contributed by atoms with E-state index in [4.69, 9.17) is 16.2 Å². The number of carbonyl (C=O) groups excluding carboxylic acids is 1. The first kappa shape index (κ1) is 25.0. The molecule has 9 heteroatoms. The number of amides is 1. The Balaban J connectivity index is 1.54. The molecule has 1 aliphatic heterocycles. The highest BCUT2D eigenvalue weighted by Crippen LogP contribution is 2.42. The average molecular weight is 504 g/mol. The molecule has 9 nitrogen and oxygen atoms in total. The summed E-state index contributed by atoms with van der Waals surface area (Å²) in [6.45, 7) is 0.0594. The summed E-state index contributed by atoms with van der Waals surface area (Å²) in [5.41, 5.74) is 14.4. The van der Waals surface area contributed by atoms with Gasteiger partial charge in [-0.05, 0) is 48.6 Å². The number of nitrogens with one attached hydrogen (secondary N) is 1. The molecule has 0 bridgehead atoms. The molecule has 2 aliphatic rings. The van der Waals surface area contributed by atoms with Crippen molar-refractivity contribution in [2.24, 2.45) is 16.6 Å². The maximum Gasteiger partial charge on any atom is 0.279 e. The second kappa shape index (κ2) is 10.0. The number of rotatable bonds is 6. The van der Waals surface area contributed by atoms with Crippen LogP contribution < -0.4 is 26.2 Å². The van der Waals surface area contributed by atoms with Gasteiger partial charge in [-0.1, -0.05) is 41.6 Å². The lowest BCUT2D eigenvalue weighted by Crippen LogP contribution is -2.57. The van der Waals surface area contributed by atoms with Gasteiger partial charge in [0.05, 0.1) is 7.11 Å². The molecule has 1 fully saturated rings. The normalized spacial score (nSPS) is 25.6. The third kappa shape index (κ3) is 4.73. The molecule has 2 unspecified atom stereocenters. The fourth-order valence-corrected chi connectivity index (χ4v) is 5.71. The van der Waals surface area contributed by atoms with Gasteiger partial charge in [-0.2, -0.15) is 0 Å². The van der Waals surface area contributed by atoms with Crippen molar-refractivity contribution < 1.29 is 14.7 Å². The van der Waals surface area contributed by atoms with Crippen LogP contribution >= 0.6 is 0 Å². The van der Waals surface area contributed by atoms with E-state index >= 15 is 0 Å². The number of carbonyl (C=O) groups is 1. The lowest BCUT2D eigenvalue weighted by Gasteiger charge is -2.44. The zero-order valence-electron chi connectivity index (χ0n) is 20.9. The first-order chi connectivity index (χ1) is 17.8. The summed E-state index contributed by atoms with van der Waals surface area (Å²) in [4.78, 5) is 13.6. The van der Waals surface area contributed by atoms with Gasteiger partial charge >= 0.3 is 0 Å². The minimum absolute atomic E-state index is 0.0159. The summed E-state index contributed by atoms with van der Waals surface area (Å²) in [6, 6.07) is 16.0. The van der Waals surface area contributed by atoms with Crippen molar-refractivity contribution in [3.8, 4) is 5.75 Å². The highest BCUT2D eigenvalue weighted by molar-refractivity contribution is 5.98. The van der Waals surface area contributed by atoms with Gasteiger partial charge in [0.15, 0.2) is 11.9 Å². The first-order valence-electron chi connectivity index (χ1n) is 12.6. The largest absolute Gasteiger partial charge is 0.627 e. The Morgan fingerprint density at radius 1 is 1.16 bits per heavy atom. The summed E-state index contributed by atoms with van der Waals surface area (Å²) in [6.07, 6.45) is 3.64. The number of oxime groups is 1. The highest BCUT2D eigenvalue weighted by Gasteiger charge is 2.46. The Morgan fingerprint density at radius 2 is 1.95 bits per heavy atom. The van der Waals surface area contributed by atoms with Gasteiger partial charge in [0.2, 0.25) is 0 Å². The molecule has 0 saturated heterocycles. The van der Waals surface area contributed by atoms with Crippen LogP contribution in [-0.4, -0.2) is 42.2 Å². The van der Waals surface area contributed by atoms with Crippen LogP contribution in [0.3, 0.4) is 0 Å². The van der Waals surface area contributed by atoms with Crippen LogP contribution in [0.2, 0.25) is 0 Å². The quantitative estimate of drug-likeness (QED) is 0.101. The molecule has 0 radical (unpaired) electrons. The smallest absolute Gasteiger partial charge is 0.279 e. The lowest BCUT2D eigenvalue weighted by molar-refractivity contribution is -0.126. The van der Waals surface area contributed by atoms with E-state index in [2.05, 4.69) is 10.5 Å². The summed E-state index contributed by atoms with van der Waals surface area (Å²) in [7, 11) is 1.62. The molecule has 5 rings (SSSR count). The van der Waals surface area contributed by atoms with Crippen molar-refractivity contribution in [3.05, 3.63) is 76.5 Å². The van der Waals surface area contributed by atoms with E-state index in [1.807, 2.05) is 36.4 Å². The van der Waals surface area contributed by atoms with Gasteiger partial charge < -0.3 is 36.6 Å². The van der Waals surface area contributed by atoms with Crippen LogP contribution in [0.4, 0.5) is 5.69 Å². The van der Waals surface area contributed by atoms with E-state index in [0.29, 0.717) is 17.7 Å². The van der Waals surface area contributed by atoms with Crippen LogP contribution in [-0.2, 0) is 17.8 Å². The van der Waals surface area contributed by atoms with Gasteiger partial charge in [0.25, 0.3) is 5.91 Å². The van der Waals surface area contributed by atoms with Crippen molar-refractivity contribution in [2.45, 2.75) is 56.8 Å². The highest BCUT2D eigenvalue weighted by atomic mass is 16.6. The fourth-order valence-electron chi connectivity index (χ4n) is 5.71. The number of methoxy groups -OCH3 is 1. The van der Waals surface area contributed by atoms with Gasteiger partial charge in [0, 0.05) is 41.3 Å². The molecule has 0 spiro atoms. The fraction of sp³-hybridized carbons (Fsp3) is 0.357. The molecule has 2 atom stereocenters. The topological polar surface area (TPSA) is 146 Å². The van der Waals surface area contributed by atoms with Crippen molar-refractivity contribution in [3.63, 3.8) is 0 Å². The van der Waals surface area contributed by atoms with Crippen LogP contribution in [0.5, 0.6) is 5.75 Å². The SMILES string of the molecule is COc1ccc2c(C[N+]3([O-])c4cc(/C(N)=N\O)ccc4CC3C(=O)NC3CCC(N)CC3)cccc2c1. The predicted octanol–water partition coefficient (Wildman–Crippen LogP) is 3.26. The number of hydrogen-bond acceptors (Lipinski definition) is 6. The van der Waals surface area contributed by atoms with E-state index in [-0.39, 0.29) is 30.4 Å². The standard InChI is InChI=1S/C28H33N5O4/c1-37-23-11-12-24-17(13-23)3-2-4-20(24)16-33(36)25-15-19(27(30)32-35)6-5-18(25)14-26(33)28(34)31-22-9-7-21(29)8-10-22/h2-6,11-13,15,21-22,26,35H,7-10,14,16,29H2,1H3,(H2,30,32)(H,31,34). The maximum atomic E-state index is 14.9. The molecule has 3 aromatic rings. The summed E-state index contributed by atoms with van der Waals surface area (Å²) < 4.78 is 4.51. The van der Waals surface area contributed by atoms with E-state index in [1.165, 1.54) is 0 Å². The van der Waals surface area contributed by atoms with Crippen molar-refractivity contribution in [1.29, 1.82) is 0 Å². The molecule has 1 aliphatic carbocycles. The molecule has 1 amide bonds. The molecule has 0 aromatic heterocycles. The number of benzene rings is 3. The van der Waals surface area contributed by atoms with Gasteiger partial charge in [-0.3, -0.25) is 4.79 Å². The maximum absolute atomic E-state index is 14.9. The predicted molar refractivity (Wildman–Crippen MR) is 144 cm³/mol. The van der Waals surface area contributed by atoms with Gasteiger partial charge in [0.1, 0.15) is 18.0 Å². The van der Waals surface area contributed by atoms with Gasteiger partial charge in [-0.15, -0.1) is 0 Å². The first-order valence-corrected chi connectivity index (χ1v) is 12.6. The van der Waals surface area contributed by atoms with Crippen molar-refractivity contribution in [1.82, 2.24) is 9.96 Å². The summed E-state index contributed by atoms with van der Waals surface area (Å²) in [5, 5.41) is 32.2. The Morgan fingerprint density at radius 3 is 2.68 bits per heavy atom. The molecular formula is C28H33N5O4. The monoisotopic (exact) mass is 503 g/mol. The van der Waals surface area contributed by atoms with E-state index in [1.54, 1.807) is 25.3 Å². The lowest BCUT2D eigenvalue weighted by atomic mass is 9.91. The van der Waals surface area contributed by atoms with Crippen LogP contribution in [0, 0.1) is 5.21 Å². The minimum atomic E-state index is -0.860. The van der Waals surface area contributed by atoms with Gasteiger partial charge in [-0.25, -0.2) is 0 Å². The molecule has 1 saturated carbocycles. The molecule has 37 heavy (non-hydrogen) atoms. The number of amidine groups is 1. The third-order valence-electron chi connectivity index (χ3n) is 7.82. The van der Waals surface area contributed by atoms with Crippen LogP contribution in [0.15, 0.2) is 59.8 Å². The minimum Gasteiger partial charge on any atom is -0.627 e. The molecule has 1 heterocycles. The van der Waals surface area contributed by atoms with Crippen molar-refractivity contribution >= 4 is 28.2 Å². The number of quaternary nitrogens is 1. The molecule has 3 aromatic carbocycles. The third-order valence-corrected chi connectivity index (χ3v) is 7.82. The zero-order chi connectivity index (χ0) is 26.2. The Bertz CT molecular complexity index is 1350. The number of hydrogen-bond donors (Lipinski definition) is 4. The molecular weight excluding hydrogens is 470 g/mol. The van der Waals surface area contributed by atoms with E-state index in [9.17, 15) is 15.2 Å². The second-order valence-electron chi connectivity index (χ2n) is 10.1. The molecule has 194 valence electrons. The van der Waals surface area contributed by atoms with Crippen LogP contribution in [0.25, 0.3) is 10.8 Å². The Labute approximate surface area is 215 Å². The number of ether oxygens (including phenoxy) is 1. The Hall–Kier alpha value is -3.66. The number of fused-ring (bicyclic) bond motifs is 2. The molecule has 6 N–H and O–H groups in total. The second-order valence-corrected chi connectivity index (χ2v) is 10.1. The zero-order valence-corrected chi connectivity index (χ0v) is 20.9. The summed E-state index contributed by atoms with van der Waals surface area (Å²) in [5.74, 6) is 0.395. The Kier molecular flexibility index (Phi) is 6.76. The van der Waals surface area contributed by atoms with Crippen molar-refractivity contribution in [2.75, 3.05) is 7.11 Å². The van der Waals surface area contributed by atoms with E-state index in [0.717, 1.165) is 53.3 Å². The number of nitrogens with zero attached hydrogens (tertiary/aromatic N) is 2. The summed E-state index contributed by atoms with van der Waals surface area (Å²) >= 11 is 0.